The average molecular weight is 621 g/mol. The van der Waals surface area contributed by atoms with Crippen LogP contribution in [0.1, 0.15) is 25.7 Å². The van der Waals surface area contributed by atoms with Crippen LogP contribution in [0.4, 0.5) is 0 Å². The van der Waals surface area contributed by atoms with Crippen molar-refractivity contribution in [2.75, 3.05) is 0 Å². The summed E-state index contributed by atoms with van der Waals surface area (Å²) in [6.07, 6.45) is -5.43. The minimum Gasteiger partial charge on any atom is -0.550 e. The van der Waals surface area contributed by atoms with E-state index in [4.69, 9.17) is 10.2 Å². The predicted octanol–water partition coefficient (Wildman–Crippen LogP) is -17.3. The first-order valence-electron chi connectivity index (χ1n) is 6.23. The van der Waals surface area contributed by atoms with E-state index in [0.717, 1.165) is 0 Å². The molecule has 0 radical (unpaired) electrons. The van der Waals surface area contributed by atoms with Crippen molar-refractivity contribution in [3.8, 4) is 0 Å². The molecule has 0 atom stereocenters. The summed E-state index contributed by atoms with van der Waals surface area (Å²) in [4.78, 5) is 60.0. The van der Waals surface area contributed by atoms with E-state index in [0.29, 0.717) is 0 Å². The quantitative estimate of drug-likeness (QED) is 0.214. The average Bonchev–Trinajstić information content (AvgIpc) is 2.34. The van der Waals surface area contributed by atoms with Crippen molar-refractivity contribution in [3.05, 3.63) is 0 Å². The van der Waals surface area contributed by atoms with Gasteiger partial charge < -0.3 is 75.1 Å². The van der Waals surface area contributed by atoms with Gasteiger partial charge in [-0.3, -0.25) is 0 Å². The van der Waals surface area contributed by atoms with Crippen molar-refractivity contribution >= 4 is 35.8 Å². The van der Waals surface area contributed by atoms with Crippen LogP contribution in [0, 0.1) is 0 Å². The van der Waals surface area contributed by atoms with E-state index >= 15 is 0 Å². The summed E-state index contributed by atoms with van der Waals surface area (Å²) in [5.74, 6) is -12.0. The Balaban J connectivity index is -0.0000000847. The fourth-order valence-corrected chi connectivity index (χ4v) is 1.37. The standard InChI is InChI=1S/2C6H8O7.Hf.2Na.H2O/c2*7-3(8)1-6(13,5(11)12)2-4(9)10;;;;/h2*13H,1-2H2,(H,7,8)(H,9,10)(H,11,12);;;;1H2/q;;+4;2*+1;/p-6. The first-order chi connectivity index (χ1) is 11.6. The van der Waals surface area contributed by atoms with Crippen molar-refractivity contribution < 1.29 is 160 Å². The topological polar surface area (TPSA) is 313 Å². The summed E-state index contributed by atoms with van der Waals surface area (Å²) in [5, 5.41) is 77.9. The van der Waals surface area contributed by atoms with Crippen LogP contribution in [-0.4, -0.2) is 62.7 Å². The van der Waals surface area contributed by atoms with E-state index in [1.54, 1.807) is 0 Å². The van der Waals surface area contributed by atoms with Crippen LogP contribution in [0.5, 0.6) is 0 Å². The van der Waals surface area contributed by atoms with Crippen LogP contribution in [0.2, 0.25) is 0 Å². The summed E-state index contributed by atoms with van der Waals surface area (Å²) in [5.41, 5.74) is -5.95. The molecule has 0 aromatic carbocycles. The molecule has 4 N–H and O–H groups in total. The number of rotatable bonds is 10. The zero-order valence-electron chi connectivity index (χ0n) is 15.6. The van der Waals surface area contributed by atoms with Crippen LogP contribution < -0.4 is 89.8 Å². The van der Waals surface area contributed by atoms with Crippen LogP contribution >= 0.6 is 0 Å². The molecule has 0 spiro atoms. The summed E-state index contributed by atoms with van der Waals surface area (Å²) in [7, 11) is 0. The van der Waals surface area contributed by atoms with Gasteiger partial charge in [0.2, 0.25) is 0 Å². The molecule has 0 amide bonds. The van der Waals surface area contributed by atoms with E-state index in [1.165, 1.54) is 0 Å². The van der Waals surface area contributed by atoms with Gasteiger partial charge >= 0.3 is 85.0 Å². The largest absolute Gasteiger partial charge is 4.00 e. The van der Waals surface area contributed by atoms with Gasteiger partial charge in [0.15, 0.2) is 0 Å². The Morgan fingerprint density at radius 1 is 0.533 bits per heavy atom. The Hall–Kier alpha value is -0.430. The van der Waals surface area contributed by atoms with Gasteiger partial charge in [-0.2, -0.15) is 0 Å². The van der Waals surface area contributed by atoms with E-state index in [1.807, 2.05) is 0 Å². The number of carbonyl (C=O) groups excluding carboxylic acids is 6. The Labute approximate surface area is 230 Å². The smallest absolute Gasteiger partial charge is 0.550 e. The van der Waals surface area contributed by atoms with Crippen molar-refractivity contribution in [3.63, 3.8) is 0 Å². The van der Waals surface area contributed by atoms with Gasteiger partial charge in [-0.25, -0.2) is 0 Å². The molecule has 0 bridgehead atoms. The second-order valence-corrected chi connectivity index (χ2v) is 4.83. The van der Waals surface area contributed by atoms with Gasteiger partial charge in [0.1, 0.15) is 11.2 Å². The maximum Gasteiger partial charge on any atom is 4.00 e. The SMILES string of the molecule is O.O=C([O-])CC(O)(CC(=O)[O-])C(=O)[O-].O=C([O-])CC(O)(CC(=O)[O-])C(=O)[O-].[Hf+4].[Na+].[Na+]. The minimum absolute atomic E-state index is 0. The van der Waals surface area contributed by atoms with Gasteiger partial charge in [0.25, 0.3) is 0 Å². The first-order valence-corrected chi connectivity index (χ1v) is 6.23. The molecule has 15 nitrogen and oxygen atoms in total. The van der Waals surface area contributed by atoms with Crippen molar-refractivity contribution in [2.45, 2.75) is 36.9 Å². The normalized spacial score (nSPS) is 9.40. The molecule has 0 heterocycles. The number of hydrogen-bond donors (Lipinski definition) is 2. The number of carboxylic acid groups (broad SMARTS) is 6. The summed E-state index contributed by atoms with van der Waals surface area (Å²) < 4.78 is 0. The van der Waals surface area contributed by atoms with Crippen LogP contribution in [-0.2, 0) is 54.6 Å². The number of carbonyl (C=O) groups is 6. The predicted molar refractivity (Wildman–Crippen MR) is 62.0 cm³/mol. The van der Waals surface area contributed by atoms with Gasteiger partial charge in [-0.1, -0.05) is 0 Å². The molecule has 0 aliphatic rings. The molecule has 0 saturated heterocycles. The second kappa shape index (κ2) is 19.3. The Bertz CT molecular complexity index is 524. The molecular formula is C12H12HfNa2O15. The zero-order chi connectivity index (χ0) is 21.3. The maximum atomic E-state index is 10.1. The molecule has 0 fully saturated rings. The Kier molecular flexibility index (Phi) is 27.9. The fourth-order valence-electron chi connectivity index (χ4n) is 1.37. The third-order valence-corrected chi connectivity index (χ3v) is 2.51. The van der Waals surface area contributed by atoms with E-state index in [2.05, 4.69) is 0 Å². The van der Waals surface area contributed by atoms with Crippen LogP contribution in [0.3, 0.4) is 0 Å². The van der Waals surface area contributed by atoms with Crippen LogP contribution in [0.15, 0.2) is 0 Å². The second-order valence-electron chi connectivity index (χ2n) is 4.83. The maximum absolute atomic E-state index is 10.1. The van der Waals surface area contributed by atoms with Gasteiger partial charge in [-0.05, 0) is 0 Å². The van der Waals surface area contributed by atoms with Gasteiger partial charge in [-0.15, -0.1) is 0 Å². The molecule has 0 aliphatic heterocycles. The molecule has 0 unspecified atom stereocenters. The number of aliphatic carboxylic acids is 6. The Morgan fingerprint density at radius 3 is 0.733 bits per heavy atom. The Morgan fingerprint density at radius 2 is 0.667 bits per heavy atom. The van der Waals surface area contributed by atoms with Gasteiger partial charge in [0.05, 0.1) is 11.9 Å². The summed E-state index contributed by atoms with van der Waals surface area (Å²) in [6, 6.07) is 0. The molecule has 0 aliphatic carbocycles. The summed E-state index contributed by atoms with van der Waals surface area (Å²) in [6.45, 7) is 0. The zero-order valence-corrected chi connectivity index (χ0v) is 23.2. The van der Waals surface area contributed by atoms with Crippen LogP contribution in [0.25, 0.3) is 0 Å². The van der Waals surface area contributed by atoms with Gasteiger partial charge in [0, 0.05) is 49.6 Å². The fraction of sp³-hybridized carbons (Fsp3) is 0.500. The molecule has 156 valence electrons. The molecular weight excluding hydrogens is 609 g/mol. The van der Waals surface area contributed by atoms with E-state index < -0.39 is 72.7 Å². The first kappa shape index (κ1) is 43.4. The van der Waals surface area contributed by atoms with Crippen molar-refractivity contribution in [1.82, 2.24) is 0 Å². The summed E-state index contributed by atoms with van der Waals surface area (Å²) >= 11 is 0. The molecule has 0 saturated carbocycles. The number of carboxylic acids is 6. The van der Waals surface area contributed by atoms with E-state index in [9.17, 15) is 59.4 Å². The molecule has 0 aromatic heterocycles. The van der Waals surface area contributed by atoms with Crippen molar-refractivity contribution in [1.29, 1.82) is 0 Å². The van der Waals surface area contributed by atoms with Crippen molar-refractivity contribution in [2.24, 2.45) is 0 Å². The molecule has 0 rings (SSSR count). The number of aliphatic hydroxyl groups is 2. The third-order valence-electron chi connectivity index (χ3n) is 2.51. The van der Waals surface area contributed by atoms with E-state index in [-0.39, 0.29) is 90.4 Å². The molecule has 18 heteroatoms. The monoisotopic (exact) mass is 622 g/mol. The molecule has 0 aromatic rings. The third kappa shape index (κ3) is 19.5. The number of hydrogen-bond acceptors (Lipinski definition) is 14. The minimum atomic E-state index is -2.97. The molecule has 30 heavy (non-hydrogen) atoms.